The fraction of sp³-hybridized carbons (Fsp3) is 0.833. The number of hydrogen-bond acceptors (Lipinski definition) is 5. The van der Waals surface area contributed by atoms with Crippen molar-refractivity contribution in [2.75, 3.05) is 7.11 Å². The summed E-state index contributed by atoms with van der Waals surface area (Å²) in [4.78, 5) is 51.3. The number of carbonyl (C=O) groups excluding carboxylic acids is 1. The molecule has 0 fully saturated rings. The Hall–Kier alpha value is -1.69. The van der Waals surface area contributed by atoms with Crippen molar-refractivity contribution in [1.82, 2.24) is 13.7 Å². The highest BCUT2D eigenvalue weighted by atomic mass is 28.3. The van der Waals surface area contributed by atoms with E-state index in [0.29, 0.717) is 0 Å². The van der Waals surface area contributed by atoms with E-state index in [1.807, 2.05) is 0 Å². The van der Waals surface area contributed by atoms with Crippen LogP contribution in [0.4, 0.5) is 0 Å². The number of aromatic nitrogens is 3. The molecule has 0 N–H and O–H groups in total. The molecule has 0 saturated heterocycles. The lowest BCUT2D eigenvalue weighted by atomic mass is 10.4. The van der Waals surface area contributed by atoms with Crippen molar-refractivity contribution in [3.63, 3.8) is 0 Å². The third kappa shape index (κ3) is 7.16. The van der Waals surface area contributed by atoms with E-state index in [1.54, 1.807) is 0 Å². The molecule has 0 aliphatic rings. The minimum Gasteiger partial charge on any atom is -0.468 e. The molecule has 1 aromatic heterocycles. The summed E-state index contributed by atoms with van der Waals surface area (Å²) in [5.74, 6) is -0.681. The monoisotopic (exact) mass is 513 g/mol. The molecular formula is C24H47N3O5Si2. The molecule has 196 valence electrons. The van der Waals surface area contributed by atoms with E-state index in [9.17, 15) is 19.2 Å². The molecule has 10 heteroatoms. The number of esters is 1. The van der Waals surface area contributed by atoms with Crippen molar-refractivity contribution >= 4 is 22.1 Å². The number of hydrogen-bond donors (Lipinski definition) is 0. The molecule has 1 rings (SSSR count). The smallest absolute Gasteiger partial charge is 0.336 e. The Morgan fingerprint density at radius 3 is 1.26 bits per heavy atom. The minimum atomic E-state index is -1.39. The molecule has 0 spiro atoms. The van der Waals surface area contributed by atoms with Crippen molar-refractivity contribution in [2.45, 2.75) is 122 Å². The van der Waals surface area contributed by atoms with Gasteiger partial charge in [-0.2, -0.15) is 0 Å². The van der Waals surface area contributed by atoms with E-state index < -0.39 is 45.7 Å². The largest absolute Gasteiger partial charge is 0.468 e. The summed E-state index contributed by atoms with van der Waals surface area (Å²) >= 11 is 0. The quantitative estimate of drug-likeness (QED) is 0.245. The van der Waals surface area contributed by atoms with E-state index in [-0.39, 0.29) is 13.1 Å². The zero-order valence-corrected chi connectivity index (χ0v) is 24.6. The molecular weight excluding hydrogens is 466 g/mol. The van der Waals surface area contributed by atoms with Crippen LogP contribution in [0, 0.1) is 0 Å². The summed E-state index contributed by atoms with van der Waals surface area (Å²) in [6, 6.07) is 9.15. The molecule has 0 aliphatic heterocycles. The summed E-state index contributed by atoms with van der Waals surface area (Å²) in [6.45, 7) is 13.5. The van der Waals surface area contributed by atoms with Crippen LogP contribution in [0.15, 0.2) is 14.4 Å². The molecule has 1 heterocycles. The maximum Gasteiger partial charge on any atom is 0.336 e. The van der Waals surface area contributed by atoms with Crippen LogP contribution in [0.2, 0.25) is 48.4 Å². The maximum atomic E-state index is 13.3. The fourth-order valence-corrected chi connectivity index (χ4v) is 12.1. The van der Waals surface area contributed by atoms with Crippen LogP contribution < -0.4 is 17.1 Å². The van der Waals surface area contributed by atoms with E-state index >= 15 is 0 Å². The molecule has 0 saturated carbocycles. The summed E-state index contributed by atoms with van der Waals surface area (Å²) in [5, 5.41) is 0. The van der Waals surface area contributed by atoms with E-state index in [0.717, 1.165) is 38.6 Å². The number of nitrogens with zero attached hydrogens (tertiary/aromatic N) is 3. The Labute approximate surface area is 206 Å². The van der Waals surface area contributed by atoms with Gasteiger partial charge >= 0.3 is 23.0 Å². The Morgan fingerprint density at radius 2 is 0.971 bits per heavy atom. The van der Waals surface area contributed by atoms with Gasteiger partial charge in [0, 0.05) is 13.1 Å². The zero-order valence-electron chi connectivity index (χ0n) is 22.6. The molecule has 0 aromatic carbocycles. The first-order chi connectivity index (χ1) is 16.1. The second-order valence-electron chi connectivity index (χ2n) is 9.64. The van der Waals surface area contributed by atoms with Crippen LogP contribution in [0.25, 0.3) is 0 Å². The van der Waals surface area contributed by atoms with Crippen molar-refractivity contribution < 1.29 is 9.53 Å². The highest BCUT2D eigenvalue weighted by molar-refractivity contribution is 6.80. The van der Waals surface area contributed by atoms with Crippen LogP contribution in [0.5, 0.6) is 0 Å². The van der Waals surface area contributed by atoms with Gasteiger partial charge in [0.2, 0.25) is 0 Å². The van der Waals surface area contributed by atoms with Gasteiger partial charge in [-0.1, -0.05) is 89.9 Å². The van der Waals surface area contributed by atoms with E-state index in [2.05, 4.69) is 46.3 Å². The lowest BCUT2D eigenvalue weighted by molar-refractivity contribution is -0.141. The third-order valence-corrected chi connectivity index (χ3v) is 20.4. The number of ether oxygens (including phenoxy) is 1. The second kappa shape index (κ2) is 14.0. The van der Waals surface area contributed by atoms with Crippen molar-refractivity contribution in [3.8, 4) is 0 Å². The summed E-state index contributed by atoms with van der Waals surface area (Å²) in [5.41, 5.74) is -1.98. The first kappa shape index (κ1) is 30.3. The van der Waals surface area contributed by atoms with E-state index in [1.165, 1.54) is 43.4 Å². The molecule has 0 amide bonds. The van der Waals surface area contributed by atoms with Gasteiger partial charge in [-0.15, -0.1) is 0 Å². The topological polar surface area (TPSA) is 92.3 Å². The first-order valence-electron chi connectivity index (χ1n) is 13.1. The van der Waals surface area contributed by atoms with Crippen LogP contribution in [-0.2, 0) is 29.2 Å². The first-order valence-corrected chi connectivity index (χ1v) is 18.8. The Kier molecular flexibility index (Phi) is 12.5. The molecule has 0 aliphatic carbocycles. The summed E-state index contributed by atoms with van der Waals surface area (Å²) in [7, 11) is -1.57. The molecule has 8 nitrogen and oxygen atoms in total. The predicted octanol–water partition coefficient (Wildman–Crippen LogP) is 4.14. The predicted molar refractivity (Wildman–Crippen MR) is 144 cm³/mol. The van der Waals surface area contributed by atoms with Crippen molar-refractivity contribution in [1.29, 1.82) is 0 Å². The van der Waals surface area contributed by atoms with Gasteiger partial charge in [0.25, 0.3) is 0 Å². The fourth-order valence-electron chi connectivity index (χ4n) is 5.18. The van der Waals surface area contributed by atoms with Gasteiger partial charge in [-0.3, -0.25) is 4.79 Å². The van der Waals surface area contributed by atoms with Crippen molar-refractivity contribution in [3.05, 3.63) is 31.5 Å². The number of carbonyl (C=O) groups is 1. The Morgan fingerprint density at radius 1 is 0.647 bits per heavy atom. The third-order valence-electron chi connectivity index (χ3n) is 8.58. The summed E-state index contributed by atoms with van der Waals surface area (Å²) in [6.07, 6.45) is 1.45. The minimum absolute atomic E-state index is 0.269. The molecule has 0 radical (unpaired) electrons. The SMILES string of the molecule is CC[Si](CC)(CC)CCCn1c(=O)n(CCC[Si](CC)(CC)CC)c(=O)n(CC(=O)OC)c1=O. The van der Waals surface area contributed by atoms with Crippen LogP contribution >= 0.6 is 0 Å². The lowest BCUT2D eigenvalue weighted by Crippen LogP contribution is -2.55. The average Bonchev–Trinajstić information content (AvgIpc) is 2.86. The van der Waals surface area contributed by atoms with Crippen molar-refractivity contribution in [2.24, 2.45) is 0 Å². The highest BCUT2D eigenvalue weighted by Gasteiger charge is 2.28. The Bertz CT molecular complexity index is 878. The van der Waals surface area contributed by atoms with Gasteiger partial charge in [-0.05, 0) is 12.8 Å². The molecule has 0 bridgehead atoms. The molecule has 34 heavy (non-hydrogen) atoms. The highest BCUT2D eigenvalue weighted by Crippen LogP contribution is 2.27. The maximum absolute atomic E-state index is 13.3. The van der Waals surface area contributed by atoms with Crippen LogP contribution in [0.1, 0.15) is 54.4 Å². The van der Waals surface area contributed by atoms with Crippen LogP contribution in [0.3, 0.4) is 0 Å². The molecule has 0 atom stereocenters. The van der Waals surface area contributed by atoms with Gasteiger partial charge in [-0.25, -0.2) is 28.1 Å². The van der Waals surface area contributed by atoms with Gasteiger partial charge in [0.1, 0.15) is 6.54 Å². The zero-order chi connectivity index (χ0) is 25.9. The van der Waals surface area contributed by atoms with E-state index in [4.69, 9.17) is 0 Å². The normalized spacial score (nSPS) is 12.2. The van der Waals surface area contributed by atoms with Crippen LogP contribution in [-0.4, -0.2) is 42.9 Å². The Balaban J connectivity index is 3.34. The summed E-state index contributed by atoms with van der Waals surface area (Å²) < 4.78 is 7.88. The average molecular weight is 514 g/mol. The number of methoxy groups -OCH3 is 1. The van der Waals surface area contributed by atoms with Gasteiger partial charge in [0.05, 0.1) is 23.3 Å². The van der Waals surface area contributed by atoms with Gasteiger partial charge in [0.15, 0.2) is 0 Å². The second-order valence-corrected chi connectivity index (χ2v) is 20.9. The standard InChI is InChI=1S/C24H47N3O5Si2/c1-8-33(9-2,10-3)18-14-16-25-22(29)26(17-15-19-34(11-4,12-5)13-6)24(31)27(23(25)30)20-21(28)32-7/h8-20H2,1-7H3. The molecule has 0 unspecified atom stereocenters. The molecule has 1 aromatic rings. The number of rotatable bonds is 16. The lowest BCUT2D eigenvalue weighted by Gasteiger charge is -2.28. The van der Waals surface area contributed by atoms with Gasteiger partial charge < -0.3 is 4.74 Å².